The highest BCUT2D eigenvalue weighted by Crippen LogP contribution is 2.28. The zero-order valence-corrected chi connectivity index (χ0v) is 10.6. The van der Waals surface area contributed by atoms with Crippen molar-refractivity contribution in [1.29, 1.82) is 0 Å². The van der Waals surface area contributed by atoms with Crippen molar-refractivity contribution in [2.45, 2.75) is 25.1 Å². The zero-order valence-electron chi connectivity index (χ0n) is 9.81. The van der Waals surface area contributed by atoms with E-state index in [1.54, 1.807) is 30.1 Å². The van der Waals surface area contributed by atoms with E-state index in [0.717, 1.165) is 25.1 Å². The van der Waals surface area contributed by atoms with Gasteiger partial charge in [0.1, 0.15) is 5.56 Å². The SMILES string of the molecule is CCC[C@H]1SCCN1C(=O)c1ccc[nH]c1=O. The Balaban J connectivity index is 2.20. The van der Waals surface area contributed by atoms with Gasteiger partial charge in [-0.05, 0) is 18.6 Å². The number of nitrogens with one attached hydrogen (secondary N) is 1. The highest BCUT2D eigenvalue weighted by molar-refractivity contribution is 8.00. The molecule has 1 amide bonds. The van der Waals surface area contributed by atoms with E-state index in [9.17, 15) is 9.59 Å². The topological polar surface area (TPSA) is 53.2 Å². The first kappa shape index (κ1) is 12.2. The number of rotatable bonds is 3. The molecule has 2 heterocycles. The maximum Gasteiger partial charge on any atom is 0.260 e. The molecule has 1 aliphatic rings. The summed E-state index contributed by atoms with van der Waals surface area (Å²) in [6.07, 6.45) is 3.58. The molecule has 1 saturated heterocycles. The molecule has 1 fully saturated rings. The maximum atomic E-state index is 12.2. The number of carbonyl (C=O) groups is 1. The Kier molecular flexibility index (Phi) is 3.89. The van der Waals surface area contributed by atoms with Crippen LogP contribution in [-0.4, -0.2) is 33.5 Å². The van der Waals surface area contributed by atoms with Crippen LogP contribution in [0.25, 0.3) is 0 Å². The predicted octanol–water partition coefficient (Wildman–Crippen LogP) is 1.69. The number of nitrogens with zero attached hydrogens (tertiary/aromatic N) is 1. The van der Waals surface area contributed by atoms with E-state index in [4.69, 9.17) is 0 Å². The van der Waals surface area contributed by atoms with Gasteiger partial charge in [-0.2, -0.15) is 0 Å². The van der Waals surface area contributed by atoms with Crippen LogP contribution in [0.3, 0.4) is 0 Å². The number of hydrogen-bond acceptors (Lipinski definition) is 3. The largest absolute Gasteiger partial charge is 0.328 e. The molecule has 0 bridgehead atoms. The zero-order chi connectivity index (χ0) is 12.3. The molecular formula is C12H16N2O2S. The summed E-state index contributed by atoms with van der Waals surface area (Å²) in [5.74, 6) is 0.816. The summed E-state index contributed by atoms with van der Waals surface area (Å²) < 4.78 is 0. The van der Waals surface area contributed by atoms with E-state index < -0.39 is 0 Å². The summed E-state index contributed by atoms with van der Waals surface area (Å²) in [6, 6.07) is 3.28. The second-order valence-corrected chi connectivity index (χ2v) is 5.31. The van der Waals surface area contributed by atoms with Crippen LogP contribution in [-0.2, 0) is 0 Å². The van der Waals surface area contributed by atoms with Crippen molar-refractivity contribution < 1.29 is 4.79 Å². The summed E-state index contributed by atoms with van der Waals surface area (Å²) in [5, 5.41) is 0.229. The molecule has 0 radical (unpaired) electrons. The fourth-order valence-electron chi connectivity index (χ4n) is 1.98. The molecule has 1 aliphatic heterocycles. The van der Waals surface area contributed by atoms with Crippen molar-refractivity contribution in [3.05, 3.63) is 34.2 Å². The van der Waals surface area contributed by atoms with Gasteiger partial charge in [-0.1, -0.05) is 13.3 Å². The Bertz CT molecular complexity index is 458. The van der Waals surface area contributed by atoms with E-state index in [1.165, 1.54) is 0 Å². The first-order valence-electron chi connectivity index (χ1n) is 5.84. The van der Waals surface area contributed by atoms with Gasteiger partial charge in [0.05, 0.1) is 5.37 Å². The van der Waals surface area contributed by atoms with Crippen LogP contribution < -0.4 is 5.56 Å². The molecule has 1 N–H and O–H groups in total. The van der Waals surface area contributed by atoms with Crippen molar-refractivity contribution in [2.24, 2.45) is 0 Å². The molecule has 0 saturated carbocycles. The number of thioether (sulfide) groups is 1. The van der Waals surface area contributed by atoms with Gasteiger partial charge in [-0.25, -0.2) is 0 Å². The van der Waals surface area contributed by atoms with Crippen molar-refractivity contribution in [3.8, 4) is 0 Å². The number of aromatic nitrogens is 1. The molecule has 2 rings (SSSR count). The fraction of sp³-hybridized carbons (Fsp3) is 0.500. The third-order valence-electron chi connectivity index (χ3n) is 2.84. The number of pyridine rings is 1. The first-order valence-corrected chi connectivity index (χ1v) is 6.89. The Hall–Kier alpha value is -1.23. The highest BCUT2D eigenvalue weighted by atomic mass is 32.2. The van der Waals surface area contributed by atoms with Gasteiger partial charge >= 0.3 is 0 Å². The Morgan fingerprint density at radius 3 is 3.18 bits per heavy atom. The van der Waals surface area contributed by atoms with E-state index in [1.807, 2.05) is 4.90 Å². The van der Waals surface area contributed by atoms with Crippen LogP contribution in [0.15, 0.2) is 23.1 Å². The molecule has 5 heteroatoms. The Morgan fingerprint density at radius 2 is 2.47 bits per heavy atom. The second-order valence-electron chi connectivity index (χ2n) is 4.03. The normalized spacial score (nSPS) is 19.6. The van der Waals surface area contributed by atoms with Gasteiger partial charge in [-0.3, -0.25) is 9.59 Å². The molecule has 0 aliphatic carbocycles. The summed E-state index contributed by atoms with van der Waals surface area (Å²) in [6.45, 7) is 2.85. The lowest BCUT2D eigenvalue weighted by Gasteiger charge is -2.23. The number of hydrogen-bond donors (Lipinski definition) is 1. The quantitative estimate of drug-likeness (QED) is 0.890. The second kappa shape index (κ2) is 5.40. The smallest absolute Gasteiger partial charge is 0.260 e. The van der Waals surface area contributed by atoms with Gasteiger partial charge in [0.15, 0.2) is 0 Å². The molecule has 1 atom stereocenters. The van der Waals surface area contributed by atoms with Gasteiger partial charge in [-0.15, -0.1) is 11.8 Å². The molecule has 92 valence electrons. The minimum Gasteiger partial charge on any atom is -0.328 e. The molecule has 1 aromatic rings. The lowest BCUT2D eigenvalue weighted by atomic mass is 10.2. The lowest BCUT2D eigenvalue weighted by molar-refractivity contribution is 0.0754. The molecule has 17 heavy (non-hydrogen) atoms. The van der Waals surface area contributed by atoms with Crippen LogP contribution in [0.5, 0.6) is 0 Å². The standard InChI is InChI=1S/C12H16N2O2S/c1-2-4-10-14(7-8-17-10)12(16)9-5-3-6-13-11(9)15/h3,5-6,10H,2,4,7-8H2,1H3,(H,13,15)/t10-/m1/s1. The maximum absolute atomic E-state index is 12.2. The molecule has 0 unspecified atom stereocenters. The third-order valence-corrected chi connectivity index (χ3v) is 4.13. The average Bonchev–Trinajstić information content (AvgIpc) is 2.78. The minimum atomic E-state index is -0.301. The fourth-order valence-corrected chi connectivity index (χ4v) is 3.34. The van der Waals surface area contributed by atoms with Crippen LogP contribution in [0, 0.1) is 0 Å². The molecule has 1 aromatic heterocycles. The lowest BCUT2D eigenvalue weighted by Crippen LogP contribution is -2.37. The monoisotopic (exact) mass is 252 g/mol. The van der Waals surface area contributed by atoms with Crippen molar-refractivity contribution in [1.82, 2.24) is 9.88 Å². The van der Waals surface area contributed by atoms with Crippen LogP contribution in [0.2, 0.25) is 0 Å². The molecule has 0 aromatic carbocycles. The van der Waals surface area contributed by atoms with Crippen LogP contribution >= 0.6 is 11.8 Å². The van der Waals surface area contributed by atoms with Crippen molar-refractivity contribution >= 4 is 17.7 Å². The summed E-state index contributed by atoms with van der Waals surface area (Å²) >= 11 is 1.80. The van der Waals surface area contributed by atoms with Crippen LogP contribution in [0.4, 0.5) is 0 Å². The van der Waals surface area contributed by atoms with Crippen molar-refractivity contribution in [2.75, 3.05) is 12.3 Å². The summed E-state index contributed by atoms with van der Waals surface area (Å²) in [5.41, 5.74) is -0.0549. The van der Waals surface area contributed by atoms with E-state index in [2.05, 4.69) is 11.9 Å². The first-order chi connectivity index (χ1) is 8.24. The molecule has 0 spiro atoms. The van der Waals surface area contributed by atoms with E-state index >= 15 is 0 Å². The molecular weight excluding hydrogens is 236 g/mol. The van der Waals surface area contributed by atoms with Gasteiger partial charge in [0, 0.05) is 18.5 Å². The average molecular weight is 252 g/mol. The summed E-state index contributed by atoms with van der Waals surface area (Å²) in [7, 11) is 0. The van der Waals surface area contributed by atoms with Crippen LogP contribution in [0.1, 0.15) is 30.1 Å². The number of amides is 1. The molecule has 4 nitrogen and oxygen atoms in total. The van der Waals surface area contributed by atoms with E-state index in [-0.39, 0.29) is 22.4 Å². The van der Waals surface area contributed by atoms with Gasteiger partial charge in [0.25, 0.3) is 11.5 Å². The Labute approximate surface area is 104 Å². The number of aromatic amines is 1. The predicted molar refractivity (Wildman–Crippen MR) is 69.3 cm³/mol. The highest BCUT2D eigenvalue weighted by Gasteiger charge is 2.30. The number of carbonyl (C=O) groups excluding carboxylic acids is 1. The minimum absolute atomic E-state index is 0.143. The van der Waals surface area contributed by atoms with Gasteiger partial charge in [0.2, 0.25) is 0 Å². The third kappa shape index (κ3) is 2.54. The van der Waals surface area contributed by atoms with Crippen molar-refractivity contribution in [3.63, 3.8) is 0 Å². The number of H-pyrrole nitrogens is 1. The van der Waals surface area contributed by atoms with E-state index in [0.29, 0.717) is 0 Å². The summed E-state index contributed by atoms with van der Waals surface area (Å²) in [4.78, 5) is 28.2. The van der Waals surface area contributed by atoms with Gasteiger partial charge < -0.3 is 9.88 Å². The Morgan fingerprint density at radius 1 is 1.65 bits per heavy atom.